The topological polar surface area (TPSA) is 9.23 Å². The predicted octanol–water partition coefficient (Wildman–Crippen LogP) is 9.44. The lowest BCUT2D eigenvalue weighted by molar-refractivity contribution is 0.421. The van der Waals surface area contributed by atoms with E-state index in [2.05, 4.69) is 72.8 Å². The number of benzene rings is 4. The quantitative estimate of drug-likeness (QED) is 0.258. The summed E-state index contributed by atoms with van der Waals surface area (Å²) in [5, 5.41) is 7.02. The number of rotatable bonds is 5. The molecule has 0 atom stereocenters. The minimum atomic E-state index is -0.252. The third-order valence-corrected chi connectivity index (χ3v) is 12.1. The molecule has 6 rings (SSSR count). The maximum Gasteiger partial charge on any atom is 0.134 e. The van der Waals surface area contributed by atoms with Gasteiger partial charge in [-0.05, 0) is 70.1 Å². The minimum Gasteiger partial charge on any atom is -0.495 e. The Balaban J connectivity index is 1.62. The van der Waals surface area contributed by atoms with Gasteiger partial charge in [-0.15, -0.1) is 0 Å². The lowest BCUT2D eigenvalue weighted by atomic mass is 9.97. The van der Waals surface area contributed by atoms with E-state index in [1.54, 1.807) is 5.30 Å². The van der Waals surface area contributed by atoms with Crippen molar-refractivity contribution in [3.05, 3.63) is 72.8 Å². The van der Waals surface area contributed by atoms with Gasteiger partial charge in [0.2, 0.25) is 0 Å². The maximum atomic E-state index is 6.16. The van der Waals surface area contributed by atoms with Gasteiger partial charge in [-0.2, -0.15) is 0 Å². The van der Waals surface area contributed by atoms with Gasteiger partial charge in [-0.1, -0.05) is 113 Å². The van der Waals surface area contributed by atoms with Crippen LogP contribution in [0.4, 0.5) is 0 Å². The van der Waals surface area contributed by atoms with Crippen LogP contribution in [0, 0.1) is 0 Å². The molecule has 0 radical (unpaired) electrons. The molecule has 2 heteroatoms. The van der Waals surface area contributed by atoms with E-state index < -0.39 is 0 Å². The Morgan fingerprint density at radius 1 is 0.571 bits per heavy atom. The first-order valence-electron chi connectivity index (χ1n) is 13.7. The van der Waals surface area contributed by atoms with Crippen molar-refractivity contribution >= 4 is 34.8 Å². The van der Waals surface area contributed by atoms with Crippen LogP contribution in [-0.4, -0.2) is 18.4 Å². The molecule has 0 N–H and O–H groups in total. The van der Waals surface area contributed by atoms with E-state index in [1.807, 2.05) is 7.11 Å². The fourth-order valence-electron chi connectivity index (χ4n) is 6.81. The summed E-state index contributed by atoms with van der Waals surface area (Å²) < 4.78 is 6.16. The number of fused-ring (bicyclic) bond motifs is 2. The van der Waals surface area contributed by atoms with E-state index in [-0.39, 0.29) is 7.92 Å². The number of hydrogen-bond donors (Lipinski definition) is 0. The molecule has 180 valence electrons. The SMILES string of the molecule is COc1c(-c2ccc3ccccc3c2P(C2CCCCC2)C2CCCCC2)ccc2ccccc12. The van der Waals surface area contributed by atoms with Crippen molar-refractivity contribution in [1.29, 1.82) is 0 Å². The zero-order valence-corrected chi connectivity index (χ0v) is 21.9. The second kappa shape index (κ2) is 10.3. The molecule has 0 aliphatic heterocycles. The van der Waals surface area contributed by atoms with Crippen molar-refractivity contribution in [2.75, 3.05) is 7.11 Å². The smallest absolute Gasteiger partial charge is 0.134 e. The van der Waals surface area contributed by atoms with Gasteiger partial charge in [0, 0.05) is 10.9 Å². The van der Waals surface area contributed by atoms with E-state index in [0.29, 0.717) is 0 Å². The lowest BCUT2D eigenvalue weighted by Crippen LogP contribution is -2.27. The van der Waals surface area contributed by atoms with Gasteiger partial charge < -0.3 is 4.74 Å². The molecule has 35 heavy (non-hydrogen) atoms. The highest BCUT2D eigenvalue weighted by molar-refractivity contribution is 7.67. The molecule has 4 aromatic rings. The van der Waals surface area contributed by atoms with Crippen LogP contribution in [0.2, 0.25) is 0 Å². The lowest BCUT2D eigenvalue weighted by Gasteiger charge is -2.40. The summed E-state index contributed by atoms with van der Waals surface area (Å²) in [6.45, 7) is 0. The first kappa shape index (κ1) is 23.1. The summed E-state index contributed by atoms with van der Waals surface area (Å²) in [6.07, 6.45) is 14.2. The van der Waals surface area contributed by atoms with E-state index in [9.17, 15) is 0 Å². The van der Waals surface area contributed by atoms with E-state index in [0.717, 1.165) is 17.1 Å². The summed E-state index contributed by atoms with van der Waals surface area (Å²) in [7, 11) is 1.59. The zero-order chi connectivity index (χ0) is 23.6. The number of methoxy groups -OCH3 is 1. The van der Waals surface area contributed by atoms with Gasteiger partial charge in [0.15, 0.2) is 0 Å². The molecule has 1 nitrogen and oxygen atoms in total. The third-order valence-electron chi connectivity index (χ3n) is 8.47. The van der Waals surface area contributed by atoms with E-state index >= 15 is 0 Å². The number of ether oxygens (including phenoxy) is 1. The third kappa shape index (κ3) is 4.38. The molecule has 4 aromatic carbocycles. The molecule has 2 aliphatic rings. The summed E-state index contributed by atoms with van der Waals surface area (Å²) in [5.74, 6) is 1.03. The Kier molecular flexibility index (Phi) is 6.80. The van der Waals surface area contributed by atoms with Crippen LogP contribution >= 0.6 is 7.92 Å². The van der Waals surface area contributed by atoms with Crippen LogP contribution in [0.3, 0.4) is 0 Å². The van der Waals surface area contributed by atoms with Crippen LogP contribution in [0.5, 0.6) is 5.75 Å². The van der Waals surface area contributed by atoms with Crippen LogP contribution in [0.25, 0.3) is 32.7 Å². The molecule has 0 bridgehead atoms. The Morgan fingerprint density at radius 3 is 1.69 bits per heavy atom. The standard InChI is InChI=1S/C33H37OP/c1-34-32-28-18-10-8-12-24(28)20-22-30(32)31-23-21-25-13-9-11-19-29(25)33(31)35(26-14-4-2-5-15-26)27-16-6-3-7-17-27/h8-13,18-23,26-27H,2-7,14-17H2,1H3. The highest BCUT2D eigenvalue weighted by atomic mass is 31.1. The molecule has 2 aliphatic carbocycles. The molecule has 2 saturated carbocycles. The second-order valence-corrected chi connectivity index (χ2v) is 13.3. The Bertz CT molecular complexity index is 1300. The average Bonchev–Trinajstić information content (AvgIpc) is 2.94. The zero-order valence-electron chi connectivity index (χ0n) is 21.0. The molecule has 0 amide bonds. The summed E-state index contributed by atoms with van der Waals surface area (Å²) in [4.78, 5) is 0. The van der Waals surface area contributed by atoms with Crippen molar-refractivity contribution in [3.8, 4) is 16.9 Å². The van der Waals surface area contributed by atoms with E-state index in [4.69, 9.17) is 4.74 Å². The predicted molar refractivity (Wildman–Crippen MR) is 154 cm³/mol. The fraction of sp³-hybridized carbons (Fsp3) is 0.394. The second-order valence-electron chi connectivity index (χ2n) is 10.5. The van der Waals surface area contributed by atoms with Crippen LogP contribution in [0.15, 0.2) is 72.8 Å². The van der Waals surface area contributed by atoms with Crippen LogP contribution in [-0.2, 0) is 0 Å². The Morgan fingerprint density at radius 2 is 1.09 bits per heavy atom. The van der Waals surface area contributed by atoms with Gasteiger partial charge in [0.05, 0.1) is 7.11 Å². The summed E-state index contributed by atoms with van der Waals surface area (Å²) in [6, 6.07) is 27.2. The molecule has 0 heterocycles. The van der Waals surface area contributed by atoms with Gasteiger partial charge in [0.25, 0.3) is 0 Å². The van der Waals surface area contributed by atoms with Gasteiger partial charge in [0.1, 0.15) is 5.75 Å². The average molecular weight is 481 g/mol. The van der Waals surface area contributed by atoms with Crippen molar-refractivity contribution in [2.45, 2.75) is 75.5 Å². The van der Waals surface area contributed by atoms with E-state index in [1.165, 1.54) is 96.9 Å². The molecule has 0 aromatic heterocycles. The normalized spacial score (nSPS) is 17.9. The minimum absolute atomic E-state index is 0.252. The van der Waals surface area contributed by atoms with Crippen LogP contribution < -0.4 is 10.0 Å². The molecule has 0 saturated heterocycles. The van der Waals surface area contributed by atoms with Crippen molar-refractivity contribution in [3.63, 3.8) is 0 Å². The molecular formula is C33H37OP. The first-order chi connectivity index (χ1) is 17.3. The van der Waals surface area contributed by atoms with Gasteiger partial charge in [-0.25, -0.2) is 0 Å². The van der Waals surface area contributed by atoms with Crippen molar-refractivity contribution in [2.24, 2.45) is 0 Å². The van der Waals surface area contributed by atoms with Crippen LogP contribution in [0.1, 0.15) is 64.2 Å². The first-order valence-corrected chi connectivity index (χ1v) is 15.2. The van der Waals surface area contributed by atoms with Gasteiger partial charge in [-0.3, -0.25) is 0 Å². The molecular weight excluding hydrogens is 443 g/mol. The summed E-state index contributed by atoms with van der Waals surface area (Å²) >= 11 is 0. The Labute approximate surface area is 211 Å². The molecule has 0 unspecified atom stereocenters. The summed E-state index contributed by atoms with van der Waals surface area (Å²) in [5.41, 5.74) is 4.41. The Hall–Kier alpha value is -2.37. The molecule has 2 fully saturated rings. The maximum absolute atomic E-state index is 6.16. The number of hydrogen-bond acceptors (Lipinski definition) is 1. The monoisotopic (exact) mass is 480 g/mol. The largest absolute Gasteiger partial charge is 0.495 e. The fourth-order valence-corrected chi connectivity index (χ4v) is 10.9. The van der Waals surface area contributed by atoms with Crippen molar-refractivity contribution in [1.82, 2.24) is 0 Å². The highest BCUT2D eigenvalue weighted by Gasteiger charge is 2.35. The van der Waals surface area contributed by atoms with Crippen molar-refractivity contribution < 1.29 is 4.74 Å². The highest BCUT2D eigenvalue weighted by Crippen LogP contribution is 2.57. The molecule has 0 spiro atoms. The van der Waals surface area contributed by atoms with Gasteiger partial charge >= 0.3 is 0 Å².